The van der Waals surface area contributed by atoms with Crippen LogP contribution in [0.2, 0.25) is 0 Å². The van der Waals surface area contributed by atoms with E-state index in [4.69, 9.17) is 9.97 Å². The lowest BCUT2D eigenvalue weighted by atomic mass is 9.99. The third kappa shape index (κ3) is 2.63. The van der Waals surface area contributed by atoms with E-state index in [1.165, 1.54) is 44.1 Å². The predicted octanol–water partition coefficient (Wildman–Crippen LogP) is 8.25. The summed E-state index contributed by atoms with van der Waals surface area (Å²) < 4.78 is 4.64. The van der Waals surface area contributed by atoms with Crippen molar-refractivity contribution in [2.24, 2.45) is 0 Å². The summed E-state index contributed by atoms with van der Waals surface area (Å²) in [4.78, 5) is 14.7. The first-order chi connectivity index (χ1) is 20.4. The molecule has 0 saturated carbocycles. The Hall–Kier alpha value is -5.55. The molecule has 10 rings (SSSR count). The van der Waals surface area contributed by atoms with Crippen molar-refractivity contribution in [3.63, 3.8) is 0 Å². The van der Waals surface area contributed by atoms with Gasteiger partial charge in [0.15, 0.2) is 5.65 Å². The van der Waals surface area contributed by atoms with Crippen LogP contribution in [-0.4, -0.2) is 23.9 Å². The molecule has 0 bridgehead atoms. The summed E-state index contributed by atoms with van der Waals surface area (Å²) in [5.41, 5.74) is 13.6. The number of fused-ring (bicyclic) bond motifs is 16. The van der Waals surface area contributed by atoms with Crippen LogP contribution in [-0.2, 0) is 6.42 Å². The molecule has 5 nitrogen and oxygen atoms in total. The molecule has 1 aliphatic rings. The van der Waals surface area contributed by atoms with E-state index in [9.17, 15) is 0 Å². The average molecular weight is 524 g/mol. The summed E-state index contributed by atoms with van der Waals surface area (Å²) in [7, 11) is 0. The molecule has 0 fully saturated rings. The molecule has 41 heavy (non-hydrogen) atoms. The molecule has 0 unspecified atom stereocenters. The summed E-state index contributed by atoms with van der Waals surface area (Å²) >= 11 is 0. The fraction of sp³-hybridized carbons (Fsp3) is 0.0278. The third-order valence-electron chi connectivity index (χ3n) is 8.83. The van der Waals surface area contributed by atoms with Crippen LogP contribution in [0.1, 0.15) is 11.1 Å². The van der Waals surface area contributed by atoms with Gasteiger partial charge in [0.2, 0.25) is 0 Å². The van der Waals surface area contributed by atoms with Crippen molar-refractivity contribution >= 4 is 60.4 Å². The highest BCUT2D eigenvalue weighted by Gasteiger charge is 2.26. The first-order valence-corrected chi connectivity index (χ1v) is 13.9. The molecule has 5 heterocycles. The molecule has 9 aromatic rings. The molecule has 0 spiro atoms. The van der Waals surface area contributed by atoms with Gasteiger partial charge in [-0.3, -0.25) is 9.38 Å². The van der Waals surface area contributed by atoms with Gasteiger partial charge in [0.25, 0.3) is 0 Å². The van der Waals surface area contributed by atoms with Gasteiger partial charge in [-0.1, -0.05) is 54.6 Å². The standard InChI is InChI=1S/C36H21N5/c1-2-9-22(10-3-1)40-28-17-16-24-23-11-5-4-8-21(23)20-27(24)31(28)25-14-15-26-32(34(25)40)33-29(12-6-18-37-33)41-30-13-7-19-38-35(30)39-36(26)41/h1-19H,20H2. The number of imidazole rings is 1. The molecule has 0 radical (unpaired) electrons. The summed E-state index contributed by atoms with van der Waals surface area (Å²) in [6, 6.07) is 36.9. The van der Waals surface area contributed by atoms with Gasteiger partial charge in [0.05, 0.1) is 27.6 Å². The fourth-order valence-electron chi connectivity index (χ4n) is 7.21. The van der Waals surface area contributed by atoms with Crippen LogP contribution in [0.15, 0.2) is 116 Å². The van der Waals surface area contributed by atoms with E-state index in [2.05, 4.69) is 105 Å². The fourth-order valence-corrected chi connectivity index (χ4v) is 7.21. The van der Waals surface area contributed by atoms with Crippen molar-refractivity contribution < 1.29 is 0 Å². The second-order valence-electron chi connectivity index (χ2n) is 10.9. The van der Waals surface area contributed by atoms with Crippen molar-refractivity contribution in [3.8, 4) is 16.8 Å². The van der Waals surface area contributed by atoms with E-state index in [1.807, 2.05) is 24.5 Å². The lowest BCUT2D eigenvalue weighted by Gasteiger charge is -2.13. The number of benzene rings is 4. The number of pyridine rings is 3. The molecule has 0 aliphatic heterocycles. The Morgan fingerprint density at radius 1 is 0.585 bits per heavy atom. The predicted molar refractivity (Wildman–Crippen MR) is 166 cm³/mol. The van der Waals surface area contributed by atoms with Crippen LogP contribution in [0.4, 0.5) is 0 Å². The summed E-state index contributed by atoms with van der Waals surface area (Å²) in [6.45, 7) is 0. The third-order valence-corrected chi connectivity index (χ3v) is 8.83. The SMILES string of the molecule is c1ccc(-n2c3ccc4c(c3c3ccc5c(c6ncccc6n6c7cccnc7nc56)c32)Cc2ccccc2-4)cc1. The summed E-state index contributed by atoms with van der Waals surface area (Å²) in [5.74, 6) is 0. The minimum atomic E-state index is 0.740. The minimum absolute atomic E-state index is 0.740. The van der Waals surface area contributed by atoms with E-state index in [0.29, 0.717) is 0 Å². The van der Waals surface area contributed by atoms with Crippen molar-refractivity contribution in [2.45, 2.75) is 6.42 Å². The molecular weight excluding hydrogens is 502 g/mol. The molecule has 0 amide bonds. The van der Waals surface area contributed by atoms with Crippen LogP contribution in [0, 0.1) is 0 Å². The van der Waals surface area contributed by atoms with Crippen molar-refractivity contribution in [1.82, 2.24) is 23.9 Å². The monoisotopic (exact) mass is 523 g/mol. The molecule has 1 aliphatic carbocycles. The summed E-state index contributed by atoms with van der Waals surface area (Å²) in [5, 5.41) is 4.75. The molecular formula is C36H21N5. The van der Waals surface area contributed by atoms with Crippen molar-refractivity contribution in [3.05, 3.63) is 127 Å². The molecule has 0 atom stereocenters. The van der Waals surface area contributed by atoms with E-state index < -0.39 is 0 Å². The number of hydrogen-bond donors (Lipinski definition) is 0. The largest absolute Gasteiger partial charge is 0.309 e. The van der Waals surface area contributed by atoms with Crippen LogP contribution >= 0.6 is 0 Å². The Balaban J connectivity index is 1.49. The lowest BCUT2D eigenvalue weighted by molar-refractivity contribution is 1.18. The van der Waals surface area contributed by atoms with E-state index in [1.54, 1.807) is 0 Å². The van der Waals surface area contributed by atoms with Crippen LogP contribution in [0.25, 0.3) is 77.2 Å². The van der Waals surface area contributed by atoms with Crippen molar-refractivity contribution in [1.29, 1.82) is 0 Å². The Kier molecular flexibility index (Phi) is 3.92. The highest BCUT2D eigenvalue weighted by atomic mass is 15.1. The lowest BCUT2D eigenvalue weighted by Crippen LogP contribution is -1.97. The Morgan fingerprint density at radius 2 is 1.39 bits per heavy atom. The van der Waals surface area contributed by atoms with Crippen LogP contribution in [0.3, 0.4) is 0 Å². The molecule has 0 saturated heterocycles. The Labute approximate surface area is 234 Å². The Morgan fingerprint density at radius 3 is 2.32 bits per heavy atom. The molecule has 5 aromatic heterocycles. The second-order valence-corrected chi connectivity index (χ2v) is 10.9. The van der Waals surface area contributed by atoms with E-state index in [0.717, 1.165) is 50.7 Å². The average Bonchev–Trinajstić information content (AvgIpc) is 3.71. The molecule has 190 valence electrons. The summed E-state index contributed by atoms with van der Waals surface area (Å²) in [6.07, 6.45) is 4.64. The Bertz CT molecular complexity index is 2550. The normalized spacial score (nSPS) is 12.8. The topological polar surface area (TPSA) is 48.0 Å². The van der Waals surface area contributed by atoms with Gasteiger partial charge in [-0.2, -0.15) is 0 Å². The van der Waals surface area contributed by atoms with E-state index in [-0.39, 0.29) is 0 Å². The minimum Gasteiger partial charge on any atom is -0.309 e. The zero-order valence-electron chi connectivity index (χ0n) is 21.9. The van der Waals surface area contributed by atoms with Crippen molar-refractivity contribution in [2.75, 3.05) is 0 Å². The van der Waals surface area contributed by atoms with E-state index >= 15 is 0 Å². The van der Waals surface area contributed by atoms with Gasteiger partial charge < -0.3 is 4.57 Å². The quantitative estimate of drug-likeness (QED) is 0.204. The zero-order valence-corrected chi connectivity index (χ0v) is 21.9. The van der Waals surface area contributed by atoms with Crippen LogP contribution in [0.5, 0.6) is 0 Å². The maximum atomic E-state index is 5.06. The number of rotatable bonds is 1. The number of nitrogens with zero attached hydrogens (tertiary/aromatic N) is 5. The maximum absolute atomic E-state index is 5.06. The van der Waals surface area contributed by atoms with Gasteiger partial charge in [0, 0.05) is 39.6 Å². The number of hydrogen-bond acceptors (Lipinski definition) is 3. The first-order valence-electron chi connectivity index (χ1n) is 13.9. The number of para-hydroxylation sites is 1. The highest BCUT2D eigenvalue weighted by Crippen LogP contribution is 2.47. The van der Waals surface area contributed by atoms with Gasteiger partial charge in [-0.05, 0) is 77.2 Å². The molecule has 0 N–H and O–H groups in total. The van der Waals surface area contributed by atoms with Gasteiger partial charge in [0.1, 0.15) is 5.65 Å². The molecule has 4 aromatic carbocycles. The smallest absolute Gasteiger partial charge is 0.178 e. The number of aromatic nitrogens is 5. The van der Waals surface area contributed by atoms with Gasteiger partial charge in [-0.15, -0.1) is 0 Å². The highest BCUT2D eigenvalue weighted by molar-refractivity contribution is 6.28. The van der Waals surface area contributed by atoms with Crippen LogP contribution < -0.4 is 0 Å². The van der Waals surface area contributed by atoms with Gasteiger partial charge in [-0.25, -0.2) is 9.97 Å². The second kappa shape index (κ2) is 7.55. The zero-order chi connectivity index (χ0) is 26.7. The maximum Gasteiger partial charge on any atom is 0.178 e. The first kappa shape index (κ1) is 21.3. The van der Waals surface area contributed by atoms with Gasteiger partial charge >= 0.3 is 0 Å². The molecule has 5 heteroatoms.